The van der Waals surface area contributed by atoms with Gasteiger partial charge in [-0.25, -0.2) is 0 Å². The molecule has 0 atom stereocenters. The lowest BCUT2D eigenvalue weighted by Crippen LogP contribution is -2.17. The molecule has 50 valence electrons. The van der Waals surface area contributed by atoms with Crippen LogP contribution in [0, 0.1) is 0 Å². The molecule has 0 saturated carbocycles. The van der Waals surface area contributed by atoms with Crippen molar-refractivity contribution >= 4 is 25.7 Å². The van der Waals surface area contributed by atoms with Gasteiger partial charge in [-0.15, -0.1) is 0 Å². The number of thiol groups is 1. The van der Waals surface area contributed by atoms with Gasteiger partial charge in [0.15, 0.2) is 0 Å². The molecule has 0 fully saturated rings. The molecule has 1 N–H and O–H groups in total. The van der Waals surface area contributed by atoms with Crippen molar-refractivity contribution in [1.82, 2.24) is 5.32 Å². The lowest BCUT2D eigenvalue weighted by molar-refractivity contribution is 0.261. The van der Waals surface area contributed by atoms with Crippen molar-refractivity contribution in [1.29, 1.82) is 0 Å². The van der Waals surface area contributed by atoms with E-state index in [1.165, 1.54) is 0 Å². The van der Waals surface area contributed by atoms with Crippen molar-refractivity contribution < 1.29 is 4.79 Å². The van der Waals surface area contributed by atoms with Crippen LogP contribution in [-0.4, -0.2) is 19.6 Å². The molecule has 0 aliphatic heterocycles. The van der Waals surface area contributed by atoms with Crippen LogP contribution in [0.5, 0.6) is 0 Å². The number of nitrogens with one attached hydrogen (secondary N) is 1. The number of unbranched alkanes of at least 4 members (excludes halogenated alkanes) is 1. The van der Waals surface area contributed by atoms with Crippen LogP contribution in [0.1, 0.15) is 12.8 Å². The second-order valence-electron chi connectivity index (χ2n) is 1.73. The van der Waals surface area contributed by atoms with Crippen molar-refractivity contribution in [3.63, 3.8) is 0 Å². The summed E-state index contributed by atoms with van der Waals surface area (Å²) in [5.41, 5.74) is 0. The highest BCUT2D eigenvalue weighted by Gasteiger charge is 1.88. The molecule has 0 aromatic carbocycles. The normalized spacial score (nSPS) is 9.00. The molecule has 0 spiro atoms. The third-order valence-corrected chi connectivity index (χ3v) is 1.07. The summed E-state index contributed by atoms with van der Waals surface area (Å²) in [6, 6.07) is 0. The third-order valence-electron chi connectivity index (χ3n) is 0.907. The van der Waals surface area contributed by atoms with Crippen LogP contribution in [0.3, 0.4) is 0 Å². The van der Waals surface area contributed by atoms with Crippen LogP contribution in [-0.2, 0) is 0 Å². The van der Waals surface area contributed by atoms with E-state index in [0.29, 0.717) is 12.9 Å². The monoisotopic (exact) mass is 143 g/mol. The van der Waals surface area contributed by atoms with Gasteiger partial charge in [0.05, 0.1) is 7.85 Å². The third kappa shape index (κ3) is 7.88. The quantitative estimate of drug-likeness (QED) is 0.343. The Morgan fingerprint density at radius 2 is 2.22 bits per heavy atom. The first-order valence-electron chi connectivity index (χ1n) is 2.94. The van der Waals surface area contributed by atoms with E-state index in [1.54, 1.807) is 0 Å². The lowest BCUT2D eigenvalue weighted by atomic mass is 10.0. The Labute approximate surface area is 62.2 Å². The van der Waals surface area contributed by atoms with E-state index in [4.69, 9.17) is 7.85 Å². The highest BCUT2D eigenvalue weighted by molar-refractivity contribution is 7.96. The molecular weight excluding hydrogens is 133 g/mol. The van der Waals surface area contributed by atoms with Crippen molar-refractivity contribution in [2.45, 2.75) is 19.2 Å². The maximum absolute atomic E-state index is 10.1. The number of amides is 1. The van der Waals surface area contributed by atoms with Gasteiger partial charge >= 0.3 is 0 Å². The van der Waals surface area contributed by atoms with Gasteiger partial charge in [-0.1, -0.05) is 25.4 Å². The summed E-state index contributed by atoms with van der Waals surface area (Å²) in [7, 11) is 5.21. The fourth-order valence-electron chi connectivity index (χ4n) is 0.465. The zero-order valence-corrected chi connectivity index (χ0v) is 6.16. The number of hydrogen-bond donors (Lipinski definition) is 2. The second-order valence-corrected chi connectivity index (χ2v) is 2.13. The van der Waals surface area contributed by atoms with Gasteiger partial charge in [0.2, 0.25) is 0 Å². The topological polar surface area (TPSA) is 29.1 Å². The molecule has 0 bridgehead atoms. The number of rotatable bonds is 4. The molecule has 0 aliphatic carbocycles. The van der Waals surface area contributed by atoms with E-state index >= 15 is 0 Å². The fourth-order valence-corrected chi connectivity index (χ4v) is 0.576. The minimum Gasteiger partial charge on any atom is -0.347 e. The van der Waals surface area contributed by atoms with Gasteiger partial charge in [0.25, 0.3) is 5.24 Å². The molecule has 0 heterocycles. The zero-order valence-electron chi connectivity index (χ0n) is 5.26. The molecule has 4 heteroatoms. The van der Waals surface area contributed by atoms with Crippen LogP contribution >= 0.6 is 12.6 Å². The van der Waals surface area contributed by atoms with Crippen LogP contribution in [0.25, 0.3) is 0 Å². The Bertz CT molecular complexity index is 89.0. The standard InChI is InChI=1S/C5H10BNOS/c6-3-1-2-4-7-5(8)9/h1-4H2,(H2,7,8,9). The Morgan fingerprint density at radius 3 is 2.67 bits per heavy atom. The molecule has 9 heavy (non-hydrogen) atoms. The molecule has 0 saturated heterocycles. The van der Waals surface area contributed by atoms with E-state index in [1.807, 2.05) is 0 Å². The first kappa shape index (κ1) is 8.88. The maximum atomic E-state index is 10.1. The summed E-state index contributed by atoms with van der Waals surface area (Å²) in [6.45, 7) is 0.680. The van der Waals surface area contributed by atoms with Crippen LogP contribution < -0.4 is 5.32 Å². The first-order valence-corrected chi connectivity index (χ1v) is 3.39. The molecule has 0 aromatic heterocycles. The fraction of sp³-hybridized carbons (Fsp3) is 0.800. The van der Waals surface area contributed by atoms with Gasteiger partial charge in [-0.05, 0) is 6.42 Å². The largest absolute Gasteiger partial charge is 0.347 e. The minimum absolute atomic E-state index is 0.271. The van der Waals surface area contributed by atoms with Gasteiger partial charge in [-0.3, -0.25) is 4.79 Å². The second kappa shape index (κ2) is 6.01. The van der Waals surface area contributed by atoms with Crippen molar-refractivity contribution in [2.75, 3.05) is 6.54 Å². The van der Waals surface area contributed by atoms with Crippen LogP contribution in [0.15, 0.2) is 0 Å². The molecule has 2 nitrogen and oxygen atoms in total. The van der Waals surface area contributed by atoms with Gasteiger partial charge in [0, 0.05) is 6.54 Å². The maximum Gasteiger partial charge on any atom is 0.275 e. The Kier molecular flexibility index (Phi) is 5.93. The molecule has 2 radical (unpaired) electrons. The predicted octanol–water partition coefficient (Wildman–Crippen LogP) is 0.993. The van der Waals surface area contributed by atoms with Crippen LogP contribution in [0.2, 0.25) is 6.32 Å². The zero-order chi connectivity index (χ0) is 7.11. The molecule has 1 amide bonds. The highest BCUT2D eigenvalue weighted by atomic mass is 32.1. The Balaban J connectivity index is 2.83. The lowest BCUT2D eigenvalue weighted by Gasteiger charge is -1.97. The average molecular weight is 143 g/mol. The highest BCUT2D eigenvalue weighted by Crippen LogP contribution is 1.89. The smallest absolute Gasteiger partial charge is 0.275 e. The first-order chi connectivity index (χ1) is 4.27. The molecule has 0 aliphatic rings. The van der Waals surface area contributed by atoms with E-state index in [9.17, 15) is 4.79 Å². The van der Waals surface area contributed by atoms with Gasteiger partial charge in [-0.2, -0.15) is 0 Å². The van der Waals surface area contributed by atoms with Gasteiger partial charge in [0.1, 0.15) is 0 Å². The van der Waals surface area contributed by atoms with Crippen molar-refractivity contribution in [3.05, 3.63) is 0 Å². The van der Waals surface area contributed by atoms with Gasteiger partial charge < -0.3 is 5.32 Å². The molecule has 0 unspecified atom stereocenters. The van der Waals surface area contributed by atoms with Crippen LogP contribution in [0.4, 0.5) is 4.79 Å². The Morgan fingerprint density at radius 1 is 1.56 bits per heavy atom. The van der Waals surface area contributed by atoms with E-state index < -0.39 is 0 Å². The summed E-state index contributed by atoms with van der Waals surface area (Å²) in [5, 5.41) is 2.28. The summed E-state index contributed by atoms with van der Waals surface area (Å²) in [6.07, 6.45) is 2.57. The summed E-state index contributed by atoms with van der Waals surface area (Å²) in [5.74, 6) is 0. The summed E-state index contributed by atoms with van der Waals surface area (Å²) >= 11 is 3.52. The van der Waals surface area contributed by atoms with Crippen molar-refractivity contribution in [2.24, 2.45) is 0 Å². The number of carbonyl (C=O) groups is 1. The minimum atomic E-state index is -0.271. The summed E-state index contributed by atoms with van der Waals surface area (Å²) < 4.78 is 0. The molecular formula is C5H10BNOS. The van der Waals surface area contributed by atoms with E-state index in [0.717, 1.165) is 12.8 Å². The number of hydrogen-bond acceptors (Lipinski definition) is 1. The molecule has 0 aromatic rings. The van der Waals surface area contributed by atoms with E-state index in [2.05, 4.69) is 17.9 Å². The predicted molar refractivity (Wildman–Crippen MR) is 42.2 cm³/mol. The Hall–Kier alpha value is -0.115. The summed E-state index contributed by atoms with van der Waals surface area (Å²) in [4.78, 5) is 10.1. The van der Waals surface area contributed by atoms with Crippen molar-refractivity contribution in [3.8, 4) is 0 Å². The average Bonchev–Trinajstić information content (AvgIpc) is 1.80. The SMILES string of the molecule is [B]CCCCNC(=O)S. The number of carbonyl (C=O) groups excluding carboxylic acids is 1. The molecule has 0 rings (SSSR count). The van der Waals surface area contributed by atoms with E-state index in [-0.39, 0.29) is 5.24 Å².